The molecule has 29 heavy (non-hydrogen) atoms. The molecule has 2 heterocycles. The van der Waals surface area contributed by atoms with Crippen molar-refractivity contribution >= 4 is 11.9 Å². The number of alkyl carbamates (subject to hydrolysis) is 1. The van der Waals surface area contributed by atoms with Gasteiger partial charge in [-0.3, -0.25) is 9.78 Å². The van der Waals surface area contributed by atoms with Crippen molar-refractivity contribution in [2.45, 2.75) is 39.0 Å². The number of pyridine rings is 1. The predicted molar refractivity (Wildman–Crippen MR) is 104 cm³/mol. The van der Waals surface area contributed by atoms with Gasteiger partial charge < -0.3 is 10.1 Å². The first-order valence-corrected chi connectivity index (χ1v) is 9.29. The smallest absolute Gasteiger partial charge is 0.408 e. The van der Waals surface area contributed by atoms with Crippen LogP contribution < -0.4 is 5.32 Å². The molecule has 0 aliphatic carbocycles. The predicted octanol–water partition coefficient (Wildman–Crippen LogP) is 1.93. The number of aromatic nitrogens is 5. The maximum atomic E-state index is 12.7. The Kier molecular flexibility index (Phi) is 6.99. The lowest BCUT2D eigenvalue weighted by Gasteiger charge is -2.16. The van der Waals surface area contributed by atoms with Gasteiger partial charge in [0.05, 0.1) is 6.04 Å². The Morgan fingerprint density at radius 3 is 2.59 bits per heavy atom. The van der Waals surface area contributed by atoms with Crippen LogP contribution in [0.2, 0.25) is 0 Å². The van der Waals surface area contributed by atoms with E-state index in [2.05, 4.69) is 25.8 Å². The van der Waals surface area contributed by atoms with E-state index in [9.17, 15) is 9.59 Å². The van der Waals surface area contributed by atoms with E-state index >= 15 is 0 Å². The Bertz CT molecular complexity index is 930. The number of nitrogens with one attached hydrogen (secondary N) is 1. The van der Waals surface area contributed by atoms with Crippen molar-refractivity contribution < 1.29 is 14.3 Å². The van der Waals surface area contributed by atoms with Gasteiger partial charge in [0.15, 0.2) is 11.6 Å². The molecule has 1 aromatic carbocycles. The molecule has 0 aliphatic heterocycles. The fourth-order valence-electron chi connectivity index (χ4n) is 2.73. The summed E-state index contributed by atoms with van der Waals surface area (Å²) in [5.41, 5.74) is 1.86. The zero-order valence-corrected chi connectivity index (χ0v) is 16.1. The lowest BCUT2D eigenvalue weighted by atomic mass is 10.1. The minimum Gasteiger partial charge on any atom is -0.445 e. The van der Waals surface area contributed by atoms with Crippen LogP contribution in [-0.2, 0) is 29.1 Å². The van der Waals surface area contributed by atoms with Crippen LogP contribution in [0.25, 0.3) is 0 Å². The Morgan fingerprint density at radius 1 is 1.10 bits per heavy atom. The quantitative estimate of drug-likeness (QED) is 0.590. The number of ether oxygens (including phenoxy) is 1. The van der Waals surface area contributed by atoms with Crippen molar-refractivity contribution in [3.63, 3.8) is 0 Å². The van der Waals surface area contributed by atoms with Crippen molar-refractivity contribution in [3.8, 4) is 0 Å². The zero-order chi connectivity index (χ0) is 20.5. The highest BCUT2D eigenvalue weighted by molar-refractivity contribution is 5.87. The third kappa shape index (κ3) is 5.93. The van der Waals surface area contributed by atoms with Crippen molar-refractivity contribution in [1.29, 1.82) is 0 Å². The number of ketones is 1. The van der Waals surface area contributed by atoms with Crippen LogP contribution in [0.15, 0.2) is 54.9 Å². The van der Waals surface area contributed by atoms with Crippen LogP contribution in [-0.4, -0.2) is 43.1 Å². The second kappa shape index (κ2) is 10.1. The van der Waals surface area contributed by atoms with Crippen molar-refractivity contribution in [3.05, 3.63) is 71.8 Å². The van der Waals surface area contributed by atoms with E-state index in [-0.39, 0.29) is 18.9 Å². The molecule has 0 saturated heterocycles. The fourth-order valence-corrected chi connectivity index (χ4v) is 2.73. The molecule has 0 bridgehead atoms. The van der Waals surface area contributed by atoms with Gasteiger partial charge in [0.1, 0.15) is 13.2 Å². The van der Waals surface area contributed by atoms with Crippen LogP contribution >= 0.6 is 0 Å². The zero-order valence-electron chi connectivity index (χ0n) is 16.1. The summed E-state index contributed by atoms with van der Waals surface area (Å²) in [6.07, 6.45) is 3.65. The Balaban J connectivity index is 1.55. The van der Waals surface area contributed by atoms with Gasteiger partial charge in [0.2, 0.25) is 0 Å². The van der Waals surface area contributed by atoms with Gasteiger partial charge in [-0.2, -0.15) is 0 Å². The lowest BCUT2D eigenvalue weighted by Crippen LogP contribution is -2.42. The van der Waals surface area contributed by atoms with Gasteiger partial charge in [-0.15, -0.1) is 5.10 Å². The van der Waals surface area contributed by atoms with E-state index < -0.39 is 12.1 Å². The number of hydrogen-bond acceptors (Lipinski definition) is 7. The first-order chi connectivity index (χ1) is 14.2. The number of amides is 1. The lowest BCUT2D eigenvalue weighted by molar-refractivity contribution is -0.121. The van der Waals surface area contributed by atoms with Gasteiger partial charge in [-0.1, -0.05) is 37.3 Å². The van der Waals surface area contributed by atoms with Crippen molar-refractivity contribution in [2.24, 2.45) is 0 Å². The number of hydrogen-bond donors (Lipinski definition) is 1. The van der Waals surface area contributed by atoms with Crippen LogP contribution in [0.3, 0.4) is 0 Å². The van der Waals surface area contributed by atoms with Crippen LogP contribution in [0, 0.1) is 0 Å². The second-order valence-corrected chi connectivity index (χ2v) is 6.42. The summed E-state index contributed by atoms with van der Waals surface area (Å²) in [6, 6.07) is 12.4. The average molecular weight is 394 g/mol. The molecule has 0 fully saturated rings. The second-order valence-electron chi connectivity index (χ2n) is 6.42. The molecule has 0 spiro atoms. The molecule has 1 atom stereocenters. The molecule has 3 aromatic rings. The van der Waals surface area contributed by atoms with Gasteiger partial charge in [-0.25, -0.2) is 9.48 Å². The number of carbonyl (C=O) groups is 2. The van der Waals surface area contributed by atoms with Gasteiger partial charge in [0, 0.05) is 18.8 Å². The standard InChI is InChI=1S/C20H22N6O3/c1-2-17(22-20(28)29-14-16-6-4-3-5-7-16)18(27)13-26-19(23-24-25-26)12-15-8-10-21-11-9-15/h3-11,17H,2,12-14H2,1H3,(H,22,28). The van der Waals surface area contributed by atoms with Gasteiger partial charge in [0.25, 0.3) is 0 Å². The Hall–Kier alpha value is -3.62. The molecule has 0 aliphatic rings. The summed E-state index contributed by atoms with van der Waals surface area (Å²) in [5.74, 6) is 0.360. The molecule has 1 amide bonds. The minimum absolute atomic E-state index is 0.0368. The topological polar surface area (TPSA) is 112 Å². The molecule has 9 heteroatoms. The first kappa shape index (κ1) is 20.1. The SMILES string of the molecule is CCC(NC(=O)OCc1ccccc1)C(=O)Cn1nnnc1Cc1ccncc1. The minimum atomic E-state index is -0.684. The molecule has 0 radical (unpaired) electrons. The van der Waals surface area contributed by atoms with E-state index in [1.54, 1.807) is 12.4 Å². The number of rotatable bonds is 9. The molecule has 150 valence electrons. The first-order valence-electron chi connectivity index (χ1n) is 9.29. The Labute approximate surface area is 168 Å². The van der Waals surface area contributed by atoms with E-state index in [1.165, 1.54) is 4.68 Å². The summed E-state index contributed by atoms with van der Waals surface area (Å²) in [5, 5.41) is 14.2. The molecule has 0 saturated carbocycles. The van der Waals surface area contributed by atoms with Crippen LogP contribution in [0.1, 0.15) is 30.3 Å². The fraction of sp³-hybridized carbons (Fsp3) is 0.300. The normalized spacial score (nSPS) is 11.6. The third-order valence-corrected chi connectivity index (χ3v) is 4.33. The van der Waals surface area contributed by atoms with E-state index in [0.29, 0.717) is 18.7 Å². The number of benzene rings is 1. The summed E-state index contributed by atoms with van der Waals surface area (Å²) >= 11 is 0. The number of nitrogens with zero attached hydrogens (tertiary/aromatic N) is 5. The summed E-state index contributed by atoms with van der Waals surface area (Å²) in [6.45, 7) is 1.92. The van der Waals surface area contributed by atoms with E-state index in [1.807, 2.05) is 49.4 Å². The van der Waals surface area contributed by atoms with Crippen molar-refractivity contribution in [1.82, 2.24) is 30.5 Å². The molecule has 9 nitrogen and oxygen atoms in total. The highest BCUT2D eigenvalue weighted by Gasteiger charge is 2.21. The number of carbonyl (C=O) groups excluding carboxylic acids is 2. The molecular weight excluding hydrogens is 372 g/mol. The molecular formula is C20H22N6O3. The largest absolute Gasteiger partial charge is 0.445 e. The maximum Gasteiger partial charge on any atom is 0.408 e. The van der Waals surface area contributed by atoms with Gasteiger partial charge in [-0.05, 0) is 40.1 Å². The molecule has 1 N–H and O–H groups in total. The summed E-state index contributed by atoms with van der Waals surface area (Å²) < 4.78 is 6.64. The maximum absolute atomic E-state index is 12.7. The summed E-state index contributed by atoms with van der Waals surface area (Å²) in [7, 11) is 0. The van der Waals surface area contributed by atoms with E-state index in [0.717, 1.165) is 11.1 Å². The number of Topliss-reactive ketones (excluding diaryl/α,β-unsaturated/α-hetero) is 1. The van der Waals surface area contributed by atoms with Crippen LogP contribution in [0.4, 0.5) is 4.79 Å². The molecule has 3 rings (SSSR count). The molecule has 1 unspecified atom stereocenters. The highest BCUT2D eigenvalue weighted by atomic mass is 16.5. The van der Waals surface area contributed by atoms with E-state index in [4.69, 9.17) is 4.74 Å². The Morgan fingerprint density at radius 2 is 1.86 bits per heavy atom. The average Bonchev–Trinajstić information content (AvgIpc) is 3.18. The summed E-state index contributed by atoms with van der Waals surface area (Å²) in [4.78, 5) is 28.7. The van der Waals surface area contributed by atoms with Crippen LogP contribution in [0.5, 0.6) is 0 Å². The number of tetrazole rings is 1. The highest BCUT2D eigenvalue weighted by Crippen LogP contribution is 2.06. The monoisotopic (exact) mass is 394 g/mol. The molecule has 2 aromatic heterocycles. The van der Waals surface area contributed by atoms with Crippen molar-refractivity contribution in [2.75, 3.05) is 0 Å². The van der Waals surface area contributed by atoms with Gasteiger partial charge >= 0.3 is 6.09 Å². The third-order valence-electron chi connectivity index (χ3n) is 4.33.